The van der Waals surface area contributed by atoms with Gasteiger partial charge < -0.3 is 9.47 Å². The fourth-order valence-corrected chi connectivity index (χ4v) is 1.48. The zero-order valence-corrected chi connectivity index (χ0v) is 11.6. The van der Waals surface area contributed by atoms with Crippen LogP contribution in [0.25, 0.3) is 0 Å². The van der Waals surface area contributed by atoms with E-state index in [9.17, 15) is 31.1 Å². The lowest BCUT2D eigenvalue weighted by atomic mass is 10.1. The van der Waals surface area contributed by atoms with Gasteiger partial charge in [0.1, 0.15) is 6.61 Å². The van der Waals surface area contributed by atoms with E-state index in [4.69, 9.17) is 11.6 Å². The average Bonchev–Trinajstić information content (AvgIpc) is 2.33. The number of hydrogen-bond acceptors (Lipinski definition) is 3. The van der Waals surface area contributed by atoms with Gasteiger partial charge in [0.2, 0.25) is 0 Å². The van der Waals surface area contributed by atoms with Crippen LogP contribution >= 0.6 is 11.6 Å². The number of hydrogen-bond donors (Lipinski definition) is 0. The summed E-state index contributed by atoms with van der Waals surface area (Å²) in [5.41, 5.74) is -4.54. The third kappa shape index (κ3) is 5.63. The molecule has 1 atom stereocenters. The van der Waals surface area contributed by atoms with Crippen LogP contribution in [0.5, 0.6) is 0 Å². The number of benzene rings is 1. The molecule has 22 heavy (non-hydrogen) atoms. The van der Waals surface area contributed by atoms with E-state index in [1.807, 2.05) is 0 Å². The molecule has 1 aromatic carbocycles. The summed E-state index contributed by atoms with van der Waals surface area (Å²) in [6.45, 7) is 0.449. The van der Waals surface area contributed by atoms with Crippen molar-refractivity contribution in [2.45, 2.75) is 31.4 Å². The smallest absolute Gasteiger partial charge is 0.429 e. The van der Waals surface area contributed by atoms with Crippen molar-refractivity contribution < 1.29 is 40.6 Å². The standard InChI is InChI=1S/C12H9ClF6O3/c1-6(13)22-10(20)21-5-7-2-8(11(14,15)16)4-9(3-7)12(17,18)19/h2-4,6H,5H2,1H3/t6-/m1/s1. The molecular formula is C12H9ClF6O3. The Hall–Kier alpha value is -1.64. The maximum atomic E-state index is 12.6. The van der Waals surface area contributed by atoms with Gasteiger partial charge in [-0.2, -0.15) is 26.3 Å². The van der Waals surface area contributed by atoms with Gasteiger partial charge in [0, 0.05) is 0 Å². The van der Waals surface area contributed by atoms with Crippen molar-refractivity contribution in [3.8, 4) is 0 Å². The van der Waals surface area contributed by atoms with Crippen molar-refractivity contribution in [2.75, 3.05) is 0 Å². The van der Waals surface area contributed by atoms with E-state index in [1.54, 1.807) is 0 Å². The van der Waals surface area contributed by atoms with Gasteiger partial charge in [0.05, 0.1) is 11.1 Å². The van der Waals surface area contributed by atoms with Crippen molar-refractivity contribution in [1.82, 2.24) is 0 Å². The van der Waals surface area contributed by atoms with Crippen LogP contribution in [0.4, 0.5) is 31.1 Å². The predicted molar refractivity (Wildman–Crippen MR) is 63.0 cm³/mol. The van der Waals surface area contributed by atoms with Gasteiger partial charge in [-0.25, -0.2) is 4.79 Å². The Labute approximate surface area is 125 Å². The van der Waals surface area contributed by atoms with E-state index >= 15 is 0 Å². The van der Waals surface area contributed by atoms with Crippen molar-refractivity contribution >= 4 is 17.8 Å². The van der Waals surface area contributed by atoms with E-state index in [-0.39, 0.29) is 6.07 Å². The Balaban J connectivity index is 3.01. The largest absolute Gasteiger partial charge is 0.510 e. The Morgan fingerprint density at radius 3 is 1.91 bits per heavy atom. The summed E-state index contributed by atoms with van der Waals surface area (Å²) in [5, 5.41) is 0. The molecule has 0 heterocycles. The molecule has 0 aliphatic heterocycles. The molecule has 0 aliphatic rings. The van der Waals surface area contributed by atoms with Crippen molar-refractivity contribution in [1.29, 1.82) is 0 Å². The summed E-state index contributed by atoms with van der Waals surface area (Å²) in [7, 11) is 0. The first-order valence-electron chi connectivity index (χ1n) is 5.65. The molecule has 0 aliphatic carbocycles. The van der Waals surface area contributed by atoms with Crippen LogP contribution in [0, 0.1) is 0 Å². The minimum absolute atomic E-state index is 0.0251. The number of ether oxygens (including phenoxy) is 2. The molecule has 0 spiro atoms. The van der Waals surface area contributed by atoms with E-state index in [0.29, 0.717) is 12.1 Å². The van der Waals surface area contributed by atoms with Gasteiger partial charge in [-0.1, -0.05) is 11.6 Å². The van der Waals surface area contributed by atoms with Crippen LogP contribution in [0.1, 0.15) is 23.6 Å². The SMILES string of the molecule is C[C@H](Cl)OC(=O)OCc1cc(C(F)(F)F)cc(C(F)(F)F)c1. The summed E-state index contributed by atoms with van der Waals surface area (Å²) in [6.07, 6.45) is -11.3. The van der Waals surface area contributed by atoms with Crippen LogP contribution in [-0.4, -0.2) is 11.7 Å². The first kappa shape index (κ1) is 18.4. The third-order valence-electron chi connectivity index (χ3n) is 2.26. The monoisotopic (exact) mass is 350 g/mol. The highest BCUT2D eigenvalue weighted by molar-refractivity contribution is 6.19. The minimum Gasteiger partial charge on any atom is -0.429 e. The maximum absolute atomic E-state index is 12.6. The molecule has 0 aromatic heterocycles. The maximum Gasteiger partial charge on any atom is 0.510 e. The molecule has 0 unspecified atom stereocenters. The number of rotatable bonds is 3. The molecule has 1 aromatic rings. The number of carbonyl (C=O) groups excluding carboxylic acids is 1. The van der Waals surface area contributed by atoms with Gasteiger partial charge in [-0.05, 0) is 30.7 Å². The molecule has 124 valence electrons. The van der Waals surface area contributed by atoms with Crippen molar-refractivity contribution in [2.24, 2.45) is 0 Å². The predicted octanol–water partition coefficient (Wildman–Crippen LogP) is 4.96. The summed E-state index contributed by atoms with van der Waals surface area (Å²) in [5.74, 6) is 0. The molecule has 0 fully saturated rings. The van der Waals surface area contributed by atoms with E-state index in [1.165, 1.54) is 6.92 Å². The lowest BCUT2D eigenvalue weighted by Crippen LogP contribution is -2.14. The Kier molecular flexibility index (Phi) is 5.55. The van der Waals surface area contributed by atoms with Gasteiger partial charge in [-0.3, -0.25) is 0 Å². The molecule has 10 heteroatoms. The van der Waals surface area contributed by atoms with Crippen LogP contribution in [-0.2, 0) is 28.4 Å². The zero-order chi connectivity index (χ0) is 17.1. The highest BCUT2D eigenvalue weighted by Crippen LogP contribution is 2.36. The molecule has 0 bridgehead atoms. The normalized spacial score (nSPS) is 13.6. The van der Waals surface area contributed by atoms with Crippen LogP contribution < -0.4 is 0 Å². The van der Waals surface area contributed by atoms with Gasteiger partial charge >= 0.3 is 18.5 Å². The molecule has 0 radical (unpaired) electrons. The molecule has 3 nitrogen and oxygen atoms in total. The topological polar surface area (TPSA) is 35.5 Å². The van der Waals surface area contributed by atoms with Gasteiger partial charge in [0.15, 0.2) is 5.56 Å². The molecule has 0 saturated heterocycles. The van der Waals surface area contributed by atoms with Gasteiger partial charge in [-0.15, -0.1) is 0 Å². The van der Waals surface area contributed by atoms with E-state index in [2.05, 4.69) is 9.47 Å². The minimum atomic E-state index is -4.97. The van der Waals surface area contributed by atoms with E-state index < -0.39 is 47.4 Å². The average molecular weight is 351 g/mol. The summed E-state index contributed by atoms with van der Waals surface area (Å²) in [4.78, 5) is 11.0. The third-order valence-corrected chi connectivity index (χ3v) is 2.35. The molecule has 1 rings (SSSR count). The fourth-order valence-electron chi connectivity index (χ4n) is 1.41. The number of halogens is 7. The van der Waals surface area contributed by atoms with Crippen LogP contribution in [0.3, 0.4) is 0 Å². The second-order valence-electron chi connectivity index (χ2n) is 4.11. The van der Waals surface area contributed by atoms with Crippen LogP contribution in [0.2, 0.25) is 0 Å². The molecule has 0 amide bonds. The Bertz CT molecular complexity index is 506. The van der Waals surface area contributed by atoms with Crippen LogP contribution in [0.15, 0.2) is 18.2 Å². The summed E-state index contributed by atoms with van der Waals surface area (Å²) >= 11 is 5.30. The molecule has 0 saturated carbocycles. The highest BCUT2D eigenvalue weighted by Gasteiger charge is 2.36. The molecular weight excluding hydrogens is 342 g/mol. The Morgan fingerprint density at radius 1 is 1.09 bits per heavy atom. The zero-order valence-electron chi connectivity index (χ0n) is 10.9. The second-order valence-corrected chi connectivity index (χ2v) is 4.73. The summed E-state index contributed by atoms with van der Waals surface area (Å²) in [6, 6.07) is 0.877. The van der Waals surface area contributed by atoms with Crippen molar-refractivity contribution in [3.63, 3.8) is 0 Å². The quantitative estimate of drug-likeness (QED) is 0.439. The van der Waals surface area contributed by atoms with E-state index in [0.717, 1.165) is 0 Å². The van der Waals surface area contributed by atoms with Gasteiger partial charge in [0.25, 0.3) is 0 Å². The highest BCUT2D eigenvalue weighted by atomic mass is 35.5. The lowest BCUT2D eigenvalue weighted by molar-refractivity contribution is -0.143. The number of carbonyl (C=O) groups is 1. The van der Waals surface area contributed by atoms with Crippen molar-refractivity contribution in [3.05, 3.63) is 34.9 Å². The lowest BCUT2D eigenvalue weighted by Gasteiger charge is -2.14. The first-order chi connectivity index (χ1) is 9.89. The second kappa shape index (κ2) is 6.64. The summed E-state index contributed by atoms with van der Waals surface area (Å²) < 4.78 is 84.3. The first-order valence-corrected chi connectivity index (χ1v) is 6.09. The molecule has 0 N–H and O–H groups in total. The fraction of sp³-hybridized carbons (Fsp3) is 0.417. The Morgan fingerprint density at radius 2 is 1.55 bits per heavy atom. The number of alkyl halides is 7.